The van der Waals surface area contributed by atoms with Crippen LogP contribution in [0.1, 0.15) is 35.8 Å². The van der Waals surface area contributed by atoms with Crippen LogP contribution in [0.3, 0.4) is 0 Å². The van der Waals surface area contributed by atoms with Crippen molar-refractivity contribution in [1.82, 2.24) is 34.7 Å². The Hall–Kier alpha value is -4.06. The molecule has 0 radical (unpaired) electrons. The molecule has 4 heterocycles. The van der Waals surface area contributed by atoms with Crippen LogP contribution in [0.5, 0.6) is 0 Å². The standard InChI is InChI=1S/C24H25N9/c1-16-10-18(12-26-29-16)21-5-4-20(19-13-28-32(3)14-19)22(11-25)23(21)33-8-6-17(7-9-33)24-30-27-15-31(24)2/h4-5,10,12-15,17H,6-9H2,1-3H3. The average molecular weight is 440 g/mol. The molecular formula is C24H25N9. The predicted octanol–water partition coefficient (Wildman–Crippen LogP) is 3.24. The molecule has 1 fully saturated rings. The number of hydrogen-bond donors (Lipinski definition) is 0. The quantitative estimate of drug-likeness (QED) is 0.481. The second-order valence-electron chi connectivity index (χ2n) is 8.55. The van der Waals surface area contributed by atoms with E-state index in [4.69, 9.17) is 0 Å². The summed E-state index contributed by atoms with van der Waals surface area (Å²) in [4.78, 5) is 2.33. The van der Waals surface area contributed by atoms with Crippen molar-refractivity contribution in [2.24, 2.45) is 14.1 Å². The summed E-state index contributed by atoms with van der Waals surface area (Å²) >= 11 is 0. The van der Waals surface area contributed by atoms with Crippen LogP contribution >= 0.6 is 0 Å². The van der Waals surface area contributed by atoms with Crippen LogP contribution in [0.15, 0.2) is 43.1 Å². The Morgan fingerprint density at radius 3 is 2.42 bits per heavy atom. The van der Waals surface area contributed by atoms with Crippen molar-refractivity contribution in [3.8, 4) is 28.3 Å². The maximum absolute atomic E-state index is 10.3. The second kappa shape index (κ2) is 8.47. The van der Waals surface area contributed by atoms with Gasteiger partial charge in [0.1, 0.15) is 18.2 Å². The van der Waals surface area contributed by atoms with E-state index in [0.717, 1.165) is 65.4 Å². The maximum atomic E-state index is 10.3. The number of nitriles is 1. The van der Waals surface area contributed by atoms with Gasteiger partial charge in [0.05, 0.1) is 29.3 Å². The van der Waals surface area contributed by atoms with Crippen molar-refractivity contribution >= 4 is 5.69 Å². The van der Waals surface area contributed by atoms with E-state index in [-0.39, 0.29) is 0 Å². The summed E-state index contributed by atoms with van der Waals surface area (Å²) in [6.07, 6.45) is 9.16. The number of hydrogen-bond acceptors (Lipinski definition) is 7. The fourth-order valence-electron chi connectivity index (χ4n) is 4.71. The minimum atomic E-state index is 0.356. The zero-order chi connectivity index (χ0) is 22.9. The molecule has 4 aromatic rings. The molecule has 1 aromatic carbocycles. The Kier molecular flexibility index (Phi) is 5.34. The monoisotopic (exact) mass is 439 g/mol. The molecule has 0 amide bonds. The molecule has 9 nitrogen and oxygen atoms in total. The molecule has 0 atom stereocenters. The Balaban J connectivity index is 1.59. The van der Waals surface area contributed by atoms with Crippen LogP contribution in [-0.2, 0) is 14.1 Å². The van der Waals surface area contributed by atoms with Crippen LogP contribution in [0.25, 0.3) is 22.3 Å². The molecule has 0 spiro atoms. The van der Waals surface area contributed by atoms with Crippen molar-refractivity contribution in [3.05, 3.63) is 60.2 Å². The van der Waals surface area contributed by atoms with Crippen LogP contribution in [0.2, 0.25) is 0 Å². The number of aryl methyl sites for hydroxylation is 3. The molecular weight excluding hydrogens is 414 g/mol. The number of rotatable bonds is 4. The van der Waals surface area contributed by atoms with Crippen molar-refractivity contribution in [1.29, 1.82) is 5.26 Å². The highest BCUT2D eigenvalue weighted by Crippen LogP contribution is 2.41. The predicted molar refractivity (Wildman–Crippen MR) is 124 cm³/mol. The van der Waals surface area contributed by atoms with Gasteiger partial charge in [-0.3, -0.25) is 4.68 Å². The van der Waals surface area contributed by atoms with E-state index in [1.54, 1.807) is 23.4 Å². The van der Waals surface area contributed by atoms with Crippen molar-refractivity contribution < 1.29 is 0 Å². The zero-order valence-electron chi connectivity index (χ0n) is 19.0. The van der Waals surface area contributed by atoms with E-state index >= 15 is 0 Å². The van der Waals surface area contributed by atoms with Gasteiger partial charge < -0.3 is 9.47 Å². The molecule has 3 aromatic heterocycles. The molecule has 0 N–H and O–H groups in total. The van der Waals surface area contributed by atoms with Crippen LogP contribution in [0.4, 0.5) is 5.69 Å². The number of nitrogens with zero attached hydrogens (tertiary/aromatic N) is 9. The van der Waals surface area contributed by atoms with Gasteiger partial charge in [0.2, 0.25) is 0 Å². The van der Waals surface area contributed by atoms with Crippen LogP contribution < -0.4 is 4.90 Å². The van der Waals surface area contributed by atoms with Gasteiger partial charge in [0.15, 0.2) is 0 Å². The van der Waals surface area contributed by atoms with Crippen molar-refractivity contribution in [3.63, 3.8) is 0 Å². The van der Waals surface area contributed by atoms with Gasteiger partial charge in [-0.25, -0.2) is 0 Å². The fourth-order valence-corrected chi connectivity index (χ4v) is 4.71. The zero-order valence-corrected chi connectivity index (χ0v) is 19.0. The summed E-state index contributed by atoms with van der Waals surface area (Å²) in [6, 6.07) is 8.62. The number of anilines is 1. The Labute approximate surface area is 192 Å². The molecule has 1 aliphatic rings. The lowest BCUT2D eigenvalue weighted by Gasteiger charge is -2.35. The Morgan fingerprint density at radius 1 is 1.00 bits per heavy atom. The molecule has 1 saturated heterocycles. The van der Waals surface area contributed by atoms with Gasteiger partial charge in [0.25, 0.3) is 0 Å². The molecule has 0 aliphatic carbocycles. The Morgan fingerprint density at radius 2 is 1.79 bits per heavy atom. The van der Waals surface area contributed by atoms with Gasteiger partial charge in [-0.1, -0.05) is 12.1 Å². The topological polar surface area (TPSA) is 101 Å². The molecule has 0 unspecified atom stereocenters. The summed E-state index contributed by atoms with van der Waals surface area (Å²) < 4.78 is 3.76. The highest BCUT2D eigenvalue weighted by Gasteiger charge is 2.28. The van der Waals surface area contributed by atoms with Gasteiger partial charge in [-0.2, -0.15) is 20.6 Å². The van der Waals surface area contributed by atoms with Gasteiger partial charge in [-0.15, -0.1) is 10.2 Å². The first-order chi connectivity index (χ1) is 16.0. The molecule has 0 saturated carbocycles. The lowest BCUT2D eigenvalue weighted by Crippen LogP contribution is -2.34. The van der Waals surface area contributed by atoms with Crippen LogP contribution in [0, 0.1) is 18.3 Å². The average Bonchev–Trinajstić information content (AvgIpc) is 3.46. The summed E-state index contributed by atoms with van der Waals surface area (Å²) in [5, 5.41) is 31.3. The molecule has 33 heavy (non-hydrogen) atoms. The number of benzene rings is 1. The normalized spacial score (nSPS) is 14.4. The first kappa shape index (κ1) is 20.8. The third-order valence-corrected chi connectivity index (χ3v) is 6.32. The van der Waals surface area contributed by atoms with Gasteiger partial charge in [-0.05, 0) is 25.8 Å². The van der Waals surface area contributed by atoms with Crippen LogP contribution in [-0.4, -0.2) is 47.8 Å². The molecule has 0 bridgehead atoms. The Bertz CT molecular complexity index is 1340. The third-order valence-electron chi connectivity index (χ3n) is 6.32. The van der Waals surface area contributed by atoms with E-state index in [0.29, 0.717) is 11.5 Å². The molecule has 9 heteroatoms. The highest BCUT2D eigenvalue weighted by atomic mass is 15.3. The fraction of sp³-hybridized carbons (Fsp3) is 0.333. The van der Waals surface area contributed by atoms with Gasteiger partial charge >= 0.3 is 0 Å². The lowest BCUT2D eigenvalue weighted by atomic mass is 9.90. The minimum Gasteiger partial charge on any atom is -0.370 e. The number of aromatic nitrogens is 7. The number of piperidine rings is 1. The minimum absolute atomic E-state index is 0.356. The first-order valence-electron chi connectivity index (χ1n) is 11.0. The largest absolute Gasteiger partial charge is 0.370 e. The highest BCUT2D eigenvalue weighted by molar-refractivity contribution is 5.89. The third kappa shape index (κ3) is 3.84. The van der Waals surface area contributed by atoms with E-state index < -0.39 is 0 Å². The molecule has 5 rings (SSSR count). The van der Waals surface area contributed by atoms with E-state index in [1.165, 1.54) is 0 Å². The first-order valence-corrected chi connectivity index (χ1v) is 11.0. The maximum Gasteiger partial charge on any atom is 0.135 e. The lowest BCUT2D eigenvalue weighted by molar-refractivity contribution is 0.474. The van der Waals surface area contributed by atoms with Gasteiger partial charge in [0, 0.05) is 61.6 Å². The van der Waals surface area contributed by atoms with E-state index in [1.807, 2.05) is 43.9 Å². The summed E-state index contributed by atoms with van der Waals surface area (Å²) in [5.74, 6) is 1.38. The van der Waals surface area contributed by atoms with E-state index in [9.17, 15) is 5.26 Å². The van der Waals surface area contributed by atoms with Crippen molar-refractivity contribution in [2.75, 3.05) is 18.0 Å². The van der Waals surface area contributed by atoms with Crippen molar-refractivity contribution in [2.45, 2.75) is 25.7 Å². The molecule has 1 aliphatic heterocycles. The molecule has 166 valence electrons. The SMILES string of the molecule is Cc1cc(-c2ccc(-c3cnn(C)c3)c(C#N)c2N2CCC(c3nncn3C)CC2)cnn1. The summed E-state index contributed by atoms with van der Waals surface area (Å²) in [6.45, 7) is 3.58. The summed E-state index contributed by atoms with van der Waals surface area (Å²) in [7, 11) is 3.87. The second-order valence-corrected chi connectivity index (χ2v) is 8.55. The van der Waals surface area contributed by atoms with E-state index in [2.05, 4.69) is 42.5 Å². The smallest absolute Gasteiger partial charge is 0.135 e. The summed E-state index contributed by atoms with van der Waals surface area (Å²) in [5.41, 5.74) is 6.22.